The molecule has 0 aliphatic rings. The van der Waals surface area contributed by atoms with Crippen molar-refractivity contribution >= 4 is 39.5 Å². The summed E-state index contributed by atoms with van der Waals surface area (Å²) in [7, 11) is -9.90. The molecule has 5 atom stereocenters. The van der Waals surface area contributed by atoms with Crippen LogP contribution in [0, 0.1) is 23.7 Å². The van der Waals surface area contributed by atoms with E-state index in [0.717, 1.165) is 108 Å². The number of rotatable bonds is 67. The monoisotopic (exact) mass is 1310 g/mol. The van der Waals surface area contributed by atoms with Crippen LogP contribution >= 0.6 is 15.6 Å². The van der Waals surface area contributed by atoms with Crippen LogP contribution in [0.15, 0.2) is 0 Å². The summed E-state index contributed by atoms with van der Waals surface area (Å²) >= 11 is 0. The van der Waals surface area contributed by atoms with Crippen LogP contribution in [-0.2, 0) is 65.4 Å². The molecular weight excluding hydrogens is 1170 g/mol. The van der Waals surface area contributed by atoms with Crippen molar-refractivity contribution in [3.63, 3.8) is 0 Å². The van der Waals surface area contributed by atoms with E-state index in [2.05, 4.69) is 55.4 Å². The lowest BCUT2D eigenvalue weighted by Gasteiger charge is -2.21. The van der Waals surface area contributed by atoms with Gasteiger partial charge in [0.1, 0.15) is 19.3 Å². The van der Waals surface area contributed by atoms with E-state index in [4.69, 9.17) is 37.0 Å². The van der Waals surface area contributed by atoms with Crippen molar-refractivity contribution in [1.82, 2.24) is 0 Å². The fourth-order valence-corrected chi connectivity index (χ4v) is 12.1. The summed E-state index contributed by atoms with van der Waals surface area (Å²) in [4.78, 5) is 72.5. The minimum absolute atomic E-state index is 0.103. The molecule has 0 spiro atoms. The Morgan fingerprint density at radius 2 is 0.472 bits per heavy atom. The van der Waals surface area contributed by atoms with Crippen LogP contribution < -0.4 is 0 Å². The summed E-state index contributed by atoms with van der Waals surface area (Å²) in [6.45, 7) is 14.1. The molecule has 0 aliphatic heterocycles. The van der Waals surface area contributed by atoms with Crippen molar-refractivity contribution in [3.05, 3.63) is 0 Å². The summed E-state index contributed by atoms with van der Waals surface area (Å²) in [5, 5.41) is 10.6. The largest absolute Gasteiger partial charge is 0.472 e. The highest BCUT2D eigenvalue weighted by Crippen LogP contribution is 2.45. The molecule has 0 rings (SSSR count). The lowest BCUT2D eigenvalue weighted by atomic mass is 10.0. The van der Waals surface area contributed by atoms with Gasteiger partial charge in [-0.1, -0.05) is 293 Å². The molecule has 0 aliphatic carbocycles. The molecule has 3 N–H and O–H groups in total. The molecule has 0 aromatic heterocycles. The zero-order chi connectivity index (χ0) is 66.1. The molecule has 0 aromatic carbocycles. The average Bonchev–Trinajstić information content (AvgIpc) is 3.65. The number of aliphatic hydroxyl groups excluding tert-OH is 1. The van der Waals surface area contributed by atoms with Gasteiger partial charge in [0.2, 0.25) is 0 Å². The van der Waals surface area contributed by atoms with Gasteiger partial charge in [-0.3, -0.25) is 37.3 Å². The normalized spacial score (nSPS) is 14.3. The van der Waals surface area contributed by atoms with E-state index in [9.17, 15) is 43.2 Å². The lowest BCUT2D eigenvalue weighted by Crippen LogP contribution is -2.30. The van der Waals surface area contributed by atoms with Crippen molar-refractivity contribution in [3.8, 4) is 0 Å². The van der Waals surface area contributed by atoms with E-state index in [1.54, 1.807) is 0 Å². The van der Waals surface area contributed by atoms with Crippen molar-refractivity contribution in [2.75, 3.05) is 39.6 Å². The molecule has 0 fully saturated rings. The van der Waals surface area contributed by atoms with E-state index in [1.165, 1.54) is 148 Å². The number of phosphoric ester groups is 2. The van der Waals surface area contributed by atoms with Crippen LogP contribution in [0.3, 0.4) is 0 Å². The molecule has 528 valence electrons. The third-order valence-electron chi connectivity index (χ3n) is 16.1. The zero-order valence-electron chi connectivity index (χ0n) is 58.1. The van der Waals surface area contributed by atoms with Crippen molar-refractivity contribution < 1.29 is 80.2 Å². The van der Waals surface area contributed by atoms with Gasteiger partial charge in [-0.2, -0.15) is 0 Å². The van der Waals surface area contributed by atoms with Crippen LogP contribution in [0.1, 0.15) is 344 Å². The second-order valence-electron chi connectivity index (χ2n) is 27.2. The number of aliphatic hydroxyl groups is 1. The number of ether oxygens (including phenoxy) is 4. The predicted octanol–water partition coefficient (Wildman–Crippen LogP) is 19.7. The number of phosphoric acid groups is 2. The number of carbonyl (C=O) groups is 4. The molecule has 0 amide bonds. The molecule has 0 radical (unpaired) electrons. The SMILES string of the molecule is CC(C)CCCCCCCCCCCCCC(=O)OC[C@H](COP(=O)(O)OCC(O)COP(=O)(O)OC[C@@H](COC(=O)CCCCCCCCCCC(C)C)OC(=O)CCCCCCCCCCCCCC(C)C)OC(=O)CCCCCCCCCC(C)C. The van der Waals surface area contributed by atoms with Crippen LogP contribution in [-0.4, -0.2) is 96.7 Å². The first-order chi connectivity index (χ1) is 42.6. The molecule has 17 nitrogen and oxygen atoms in total. The molecule has 0 heterocycles. The third-order valence-corrected chi connectivity index (χ3v) is 18.0. The maximum absolute atomic E-state index is 13.0. The number of hydrogen-bond acceptors (Lipinski definition) is 15. The van der Waals surface area contributed by atoms with E-state index in [-0.39, 0.29) is 25.7 Å². The van der Waals surface area contributed by atoms with Gasteiger partial charge in [-0.15, -0.1) is 0 Å². The van der Waals surface area contributed by atoms with Gasteiger partial charge in [0.15, 0.2) is 12.2 Å². The molecule has 0 aromatic rings. The van der Waals surface area contributed by atoms with Gasteiger partial charge >= 0.3 is 39.5 Å². The number of carbonyl (C=O) groups excluding carboxylic acids is 4. The smallest absolute Gasteiger partial charge is 0.462 e. The van der Waals surface area contributed by atoms with E-state index >= 15 is 0 Å². The second-order valence-corrected chi connectivity index (χ2v) is 30.1. The lowest BCUT2D eigenvalue weighted by molar-refractivity contribution is -0.161. The van der Waals surface area contributed by atoms with Crippen molar-refractivity contribution in [1.29, 1.82) is 0 Å². The average molecular weight is 1310 g/mol. The minimum atomic E-state index is -4.95. The first-order valence-electron chi connectivity index (χ1n) is 36.2. The molecule has 0 saturated carbocycles. The highest BCUT2D eigenvalue weighted by Gasteiger charge is 2.30. The van der Waals surface area contributed by atoms with E-state index < -0.39 is 97.5 Å². The Morgan fingerprint density at radius 3 is 0.697 bits per heavy atom. The first kappa shape index (κ1) is 87.1. The first-order valence-corrected chi connectivity index (χ1v) is 39.2. The summed E-state index contributed by atoms with van der Waals surface area (Å²) in [6.07, 6.45) is 41.8. The van der Waals surface area contributed by atoms with Gasteiger partial charge in [0.05, 0.1) is 26.4 Å². The minimum Gasteiger partial charge on any atom is -0.462 e. The summed E-state index contributed by atoms with van der Waals surface area (Å²) in [5.41, 5.74) is 0. The Kier molecular flexibility index (Phi) is 58.5. The van der Waals surface area contributed by atoms with Gasteiger partial charge in [-0.25, -0.2) is 9.13 Å². The molecule has 0 saturated heterocycles. The Labute approximate surface area is 543 Å². The quantitative estimate of drug-likeness (QED) is 0.0222. The number of hydrogen-bond donors (Lipinski definition) is 3. The Bertz CT molecular complexity index is 1760. The van der Waals surface area contributed by atoms with Gasteiger partial charge in [0, 0.05) is 25.7 Å². The van der Waals surface area contributed by atoms with Crippen LogP contribution in [0.4, 0.5) is 0 Å². The predicted molar refractivity (Wildman–Crippen MR) is 358 cm³/mol. The zero-order valence-corrected chi connectivity index (χ0v) is 59.8. The molecule has 0 bridgehead atoms. The van der Waals surface area contributed by atoms with Crippen LogP contribution in [0.25, 0.3) is 0 Å². The van der Waals surface area contributed by atoms with Gasteiger partial charge in [0.25, 0.3) is 0 Å². The van der Waals surface area contributed by atoms with E-state index in [1.807, 2.05) is 0 Å². The van der Waals surface area contributed by atoms with Gasteiger partial charge < -0.3 is 33.8 Å². The van der Waals surface area contributed by atoms with Crippen LogP contribution in [0.2, 0.25) is 0 Å². The van der Waals surface area contributed by atoms with Gasteiger partial charge in [-0.05, 0) is 49.4 Å². The topological polar surface area (TPSA) is 237 Å². The maximum atomic E-state index is 13.0. The second kappa shape index (κ2) is 59.8. The highest BCUT2D eigenvalue weighted by molar-refractivity contribution is 7.47. The molecular formula is C70H136O17P2. The number of esters is 4. The highest BCUT2D eigenvalue weighted by atomic mass is 31.2. The van der Waals surface area contributed by atoms with Crippen LogP contribution in [0.5, 0.6) is 0 Å². The molecule has 3 unspecified atom stereocenters. The van der Waals surface area contributed by atoms with Crippen molar-refractivity contribution in [2.24, 2.45) is 23.7 Å². The Hall–Kier alpha value is -1.94. The third kappa shape index (κ3) is 64.6. The molecule has 19 heteroatoms. The Balaban J connectivity index is 5.24. The fraction of sp³-hybridized carbons (Fsp3) is 0.943. The molecule has 89 heavy (non-hydrogen) atoms. The van der Waals surface area contributed by atoms with Crippen molar-refractivity contribution in [2.45, 2.75) is 363 Å². The summed E-state index contributed by atoms with van der Waals surface area (Å²) < 4.78 is 68.3. The fourth-order valence-electron chi connectivity index (χ4n) is 10.5. The Morgan fingerprint density at radius 1 is 0.281 bits per heavy atom. The van der Waals surface area contributed by atoms with E-state index in [0.29, 0.717) is 31.6 Å². The summed E-state index contributed by atoms with van der Waals surface area (Å²) in [5.74, 6) is 0.827. The maximum Gasteiger partial charge on any atom is 0.472 e. The standard InChI is InChI=1S/C70H136O17P2/c1-60(2)46-38-30-22-15-11-9-13-17-26-34-42-50-67(72)80-57-66(87-70(75)53-45-37-29-21-25-33-41-49-63(7)8)59-85-89(78,79)83-55-64(71)54-82-88(76,77)84-58-65(56-81-68(73)51-43-35-27-20-19-24-32-40-48-62(5)6)86-69(74)52-44-36-28-18-14-10-12-16-23-31-39-47-61(3)4/h60-66,71H,9-59H2,1-8H3,(H,76,77)(H,78,79)/t64?,65-,66-/m1/s1. The number of unbranched alkanes of at least 4 members (excludes halogenated alkanes) is 33. The summed E-state index contributed by atoms with van der Waals surface area (Å²) in [6, 6.07) is 0.